The van der Waals surface area contributed by atoms with E-state index >= 15 is 0 Å². The van der Waals surface area contributed by atoms with Gasteiger partial charge in [0, 0.05) is 0 Å². The molecule has 0 aliphatic carbocycles. The number of carbonyl (C=O) groups excluding carboxylic acids is 2. The van der Waals surface area contributed by atoms with Gasteiger partial charge < -0.3 is 9.47 Å². The molecule has 2 aromatic carbocycles. The molecule has 0 N–H and O–H groups in total. The Balaban J connectivity index is 1.94. The SMILES string of the molecule is C=CCOc1c(Cl)cc(/C=C2\SC(=O)N(c3ccccc3)C2=O)cc1OCC. The van der Waals surface area contributed by atoms with Crippen molar-refractivity contribution in [2.75, 3.05) is 18.1 Å². The maximum atomic E-state index is 12.7. The van der Waals surface area contributed by atoms with Crippen LogP contribution in [0.15, 0.2) is 60.0 Å². The average molecular weight is 416 g/mol. The van der Waals surface area contributed by atoms with E-state index in [2.05, 4.69) is 6.58 Å². The third kappa shape index (κ3) is 4.24. The van der Waals surface area contributed by atoms with Crippen LogP contribution in [0.3, 0.4) is 0 Å². The number of hydrogen-bond acceptors (Lipinski definition) is 5. The van der Waals surface area contributed by atoms with Crippen LogP contribution in [0.5, 0.6) is 11.5 Å². The number of imide groups is 1. The van der Waals surface area contributed by atoms with Gasteiger partial charge in [0.15, 0.2) is 11.5 Å². The number of rotatable bonds is 7. The summed E-state index contributed by atoms with van der Waals surface area (Å²) < 4.78 is 11.2. The zero-order valence-electron chi connectivity index (χ0n) is 15.2. The number of hydrogen-bond donors (Lipinski definition) is 0. The van der Waals surface area contributed by atoms with Crippen molar-refractivity contribution in [3.8, 4) is 11.5 Å². The Labute approximate surface area is 172 Å². The summed E-state index contributed by atoms with van der Waals surface area (Å²) >= 11 is 7.23. The van der Waals surface area contributed by atoms with E-state index in [4.69, 9.17) is 21.1 Å². The number of halogens is 1. The van der Waals surface area contributed by atoms with Crippen molar-refractivity contribution >= 4 is 46.3 Å². The van der Waals surface area contributed by atoms with Gasteiger partial charge in [0.25, 0.3) is 11.1 Å². The maximum Gasteiger partial charge on any atom is 0.298 e. The molecule has 1 aliphatic heterocycles. The molecule has 0 atom stereocenters. The first-order chi connectivity index (χ1) is 13.5. The summed E-state index contributed by atoms with van der Waals surface area (Å²) in [7, 11) is 0. The average Bonchev–Trinajstić information content (AvgIpc) is 2.95. The summed E-state index contributed by atoms with van der Waals surface area (Å²) in [5.74, 6) is 0.505. The molecule has 2 aromatic rings. The van der Waals surface area contributed by atoms with Crippen LogP contribution < -0.4 is 14.4 Å². The molecule has 0 radical (unpaired) electrons. The summed E-state index contributed by atoms with van der Waals surface area (Å²) in [6.45, 7) is 6.18. The number of carbonyl (C=O) groups is 2. The molecule has 1 fully saturated rings. The summed E-state index contributed by atoms with van der Waals surface area (Å²) in [6.07, 6.45) is 3.24. The van der Waals surface area contributed by atoms with Crippen molar-refractivity contribution in [1.82, 2.24) is 0 Å². The topological polar surface area (TPSA) is 55.8 Å². The molecular weight excluding hydrogens is 398 g/mol. The molecule has 0 bridgehead atoms. The van der Waals surface area contributed by atoms with E-state index in [1.54, 1.807) is 48.6 Å². The largest absolute Gasteiger partial charge is 0.490 e. The fourth-order valence-electron chi connectivity index (χ4n) is 2.64. The first-order valence-electron chi connectivity index (χ1n) is 8.58. The Hall–Kier alpha value is -2.70. The number of para-hydroxylation sites is 1. The number of anilines is 1. The lowest BCUT2D eigenvalue weighted by Crippen LogP contribution is -2.27. The zero-order valence-corrected chi connectivity index (χ0v) is 16.8. The molecule has 28 heavy (non-hydrogen) atoms. The Bertz CT molecular complexity index is 943. The highest BCUT2D eigenvalue weighted by Crippen LogP contribution is 2.40. The number of nitrogens with zero attached hydrogens (tertiary/aromatic N) is 1. The molecule has 0 spiro atoms. The quantitative estimate of drug-likeness (QED) is 0.438. The summed E-state index contributed by atoms with van der Waals surface area (Å²) in [6, 6.07) is 12.2. The highest BCUT2D eigenvalue weighted by Gasteiger charge is 2.36. The first kappa shape index (κ1) is 20.0. The minimum absolute atomic E-state index is 0.287. The molecule has 5 nitrogen and oxygen atoms in total. The van der Waals surface area contributed by atoms with Crippen molar-refractivity contribution in [3.63, 3.8) is 0 Å². The van der Waals surface area contributed by atoms with Gasteiger partial charge in [-0.05, 0) is 54.6 Å². The van der Waals surface area contributed by atoms with Gasteiger partial charge in [0.1, 0.15) is 6.61 Å². The first-order valence-corrected chi connectivity index (χ1v) is 9.77. The Morgan fingerprint density at radius 1 is 1.18 bits per heavy atom. The zero-order chi connectivity index (χ0) is 20.1. The summed E-state index contributed by atoms with van der Waals surface area (Å²) in [5.41, 5.74) is 1.17. The second-order valence-corrected chi connectivity index (χ2v) is 7.12. The lowest BCUT2D eigenvalue weighted by atomic mass is 10.1. The molecule has 2 amide bonds. The van der Waals surface area contributed by atoms with E-state index < -0.39 is 0 Å². The number of amides is 2. The second-order valence-electron chi connectivity index (χ2n) is 5.72. The van der Waals surface area contributed by atoms with Gasteiger partial charge in [-0.1, -0.05) is 42.5 Å². The Morgan fingerprint density at radius 3 is 2.61 bits per heavy atom. The molecule has 0 aromatic heterocycles. The van der Waals surface area contributed by atoms with Crippen molar-refractivity contribution < 1.29 is 19.1 Å². The van der Waals surface area contributed by atoms with Crippen LogP contribution in [0.1, 0.15) is 12.5 Å². The minimum atomic E-state index is -0.373. The van der Waals surface area contributed by atoms with Crippen molar-refractivity contribution in [3.05, 3.63) is 70.6 Å². The van der Waals surface area contributed by atoms with Crippen molar-refractivity contribution in [2.45, 2.75) is 6.92 Å². The molecule has 1 saturated heterocycles. The maximum absolute atomic E-state index is 12.7. The number of benzene rings is 2. The van der Waals surface area contributed by atoms with E-state index in [1.165, 1.54) is 0 Å². The van der Waals surface area contributed by atoms with Crippen LogP contribution in [0.2, 0.25) is 5.02 Å². The van der Waals surface area contributed by atoms with Gasteiger partial charge in [0.05, 0.1) is 22.2 Å². The van der Waals surface area contributed by atoms with Crippen molar-refractivity contribution in [2.24, 2.45) is 0 Å². The van der Waals surface area contributed by atoms with Gasteiger partial charge >= 0.3 is 0 Å². The smallest absolute Gasteiger partial charge is 0.298 e. The lowest BCUT2D eigenvalue weighted by Gasteiger charge is -2.13. The third-order valence-corrected chi connectivity index (χ3v) is 4.93. The third-order valence-electron chi connectivity index (χ3n) is 3.78. The fourth-order valence-corrected chi connectivity index (χ4v) is 3.75. The molecule has 1 aliphatic rings. The van der Waals surface area contributed by atoms with Crippen LogP contribution >= 0.6 is 23.4 Å². The summed E-state index contributed by atoms with van der Waals surface area (Å²) in [5, 5.41) is 0.00542. The molecule has 3 rings (SSSR count). The fraction of sp³-hybridized carbons (Fsp3) is 0.143. The second kappa shape index (κ2) is 8.99. The van der Waals surface area contributed by atoms with Gasteiger partial charge in [-0.2, -0.15) is 0 Å². The monoisotopic (exact) mass is 415 g/mol. The van der Waals surface area contributed by atoms with E-state index in [1.807, 2.05) is 13.0 Å². The van der Waals surface area contributed by atoms with Crippen LogP contribution in [-0.2, 0) is 4.79 Å². The molecular formula is C21H18ClNO4S. The molecule has 0 unspecified atom stereocenters. The summed E-state index contributed by atoms with van der Waals surface area (Å²) in [4.78, 5) is 26.6. The molecule has 7 heteroatoms. The van der Waals surface area contributed by atoms with Gasteiger partial charge in [0.2, 0.25) is 0 Å². The predicted molar refractivity (Wildman–Crippen MR) is 113 cm³/mol. The Kier molecular flexibility index (Phi) is 6.44. The minimum Gasteiger partial charge on any atom is -0.490 e. The number of thioether (sulfide) groups is 1. The van der Waals surface area contributed by atoms with Crippen LogP contribution in [0.25, 0.3) is 6.08 Å². The van der Waals surface area contributed by atoms with Gasteiger partial charge in [-0.15, -0.1) is 0 Å². The Morgan fingerprint density at radius 2 is 1.93 bits per heavy atom. The van der Waals surface area contributed by atoms with E-state index in [-0.39, 0.29) is 17.8 Å². The van der Waals surface area contributed by atoms with E-state index in [0.29, 0.717) is 39.3 Å². The number of ether oxygens (including phenoxy) is 2. The normalized spacial score (nSPS) is 15.2. The van der Waals surface area contributed by atoms with Crippen molar-refractivity contribution in [1.29, 1.82) is 0 Å². The standard InChI is InChI=1S/C21H18ClNO4S/c1-3-10-27-19-16(22)11-14(12-17(19)26-4-2)13-18-20(24)23(21(25)28-18)15-8-6-5-7-9-15/h3,5-9,11-13H,1,4,10H2,2H3/b18-13-. The highest BCUT2D eigenvalue weighted by molar-refractivity contribution is 8.19. The van der Waals surface area contributed by atoms with Gasteiger partial charge in [-0.3, -0.25) is 9.59 Å². The van der Waals surface area contributed by atoms with Crippen LogP contribution in [-0.4, -0.2) is 24.4 Å². The van der Waals surface area contributed by atoms with E-state index in [9.17, 15) is 9.59 Å². The van der Waals surface area contributed by atoms with Crippen LogP contribution in [0, 0.1) is 0 Å². The van der Waals surface area contributed by atoms with Crippen LogP contribution in [0.4, 0.5) is 10.5 Å². The van der Waals surface area contributed by atoms with Gasteiger partial charge in [-0.25, -0.2) is 4.90 Å². The highest BCUT2D eigenvalue weighted by atomic mass is 35.5. The lowest BCUT2D eigenvalue weighted by molar-refractivity contribution is -0.113. The predicted octanol–water partition coefficient (Wildman–Crippen LogP) is 5.54. The molecule has 144 valence electrons. The van der Waals surface area contributed by atoms with E-state index in [0.717, 1.165) is 16.7 Å². The molecule has 1 heterocycles. The molecule has 0 saturated carbocycles.